The predicted molar refractivity (Wildman–Crippen MR) is 396 cm³/mol. The fourth-order valence-electron chi connectivity index (χ4n) is 15.8. The third-order valence-corrected chi connectivity index (χ3v) is 19.2. The first kappa shape index (κ1) is 68.9. The number of carbonyl (C=O) groups excluding carboxylic acids is 2. The lowest BCUT2D eigenvalue weighted by molar-refractivity contribution is -0.0656. The van der Waals surface area contributed by atoms with E-state index in [0.717, 1.165) is 106 Å². The molecule has 0 fully saturated rings. The van der Waals surface area contributed by atoms with E-state index in [4.69, 9.17) is 38.9 Å². The Bertz CT molecular complexity index is 4310. The van der Waals surface area contributed by atoms with Crippen molar-refractivity contribution >= 4 is 45.6 Å². The fourth-order valence-corrected chi connectivity index (χ4v) is 15.8. The second kappa shape index (κ2) is 27.4. The van der Waals surface area contributed by atoms with Gasteiger partial charge in [-0.3, -0.25) is 19.8 Å². The van der Waals surface area contributed by atoms with Crippen molar-refractivity contribution in [2.45, 2.75) is 175 Å². The minimum Gasteiger partial charge on any atom is -0.496 e. The Morgan fingerprint density at radius 3 is 1.19 bits per heavy atom. The fraction of sp³-hybridized carbons (Fsp3) is 0.398. The molecule has 6 N–H and O–H groups in total. The van der Waals surface area contributed by atoms with Crippen molar-refractivity contribution < 1.29 is 42.7 Å². The molecule has 15 heteroatoms. The average Bonchev–Trinajstić information content (AvgIpc) is 1.32. The number of carbonyl (C=O) groups is 2. The van der Waals surface area contributed by atoms with E-state index in [-0.39, 0.29) is 58.6 Å². The van der Waals surface area contributed by atoms with Gasteiger partial charge in [0.2, 0.25) is 0 Å². The van der Waals surface area contributed by atoms with Gasteiger partial charge in [0, 0.05) is 57.0 Å². The second-order valence-electron chi connectivity index (χ2n) is 29.5. The van der Waals surface area contributed by atoms with Gasteiger partial charge in [-0.05, 0) is 242 Å². The van der Waals surface area contributed by atoms with Gasteiger partial charge in [0.05, 0.1) is 71.4 Å². The molecule has 7 heterocycles. The minimum absolute atomic E-state index is 0.00826. The van der Waals surface area contributed by atoms with Crippen LogP contribution in [-0.2, 0) is 4.74 Å². The molecule has 0 aromatic heterocycles. The molecule has 7 aromatic rings. The number of nitrogens with two attached hydrogens (primary N) is 1. The average molecular weight is 1320 g/mol. The summed E-state index contributed by atoms with van der Waals surface area (Å²) in [6.07, 6.45) is 11.6. The Morgan fingerprint density at radius 2 is 0.847 bits per heavy atom. The zero-order valence-corrected chi connectivity index (χ0v) is 60.1. The van der Waals surface area contributed by atoms with Gasteiger partial charge in [0.15, 0.2) is 0 Å². The number of rotatable bonds is 16. The van der Waals surface area contributed by atoms with Gasteiger partial charge in [0.1, 0.15) is 59.0 Å². The lowest BCUT2D eigenvalue weighted by Crippen LogP contribution is -2.36. The molecule has 7 aliphatic rings. The summed E-state index contributed by atoms with van der Waals surface area (Å²) in [6.45, 7) is 29.9. The summed E-state index contributed by atoms with van der Waals surface area (Å²) in [5.41, 5.74) is 27.3. The molecule has 2 amide bonds. The Morgan fingerprint density at radius 1 is 0.490 bits per heavy atom. The van der Waals surface area contributed by atoms with Crippen molar-refractivity contribution in [3.8, 4) is 67.9 Å². The summed E-state index contributed by atoms with van der Waals surface area (Å²) in [4.78, 5) is 27.1. The van der Waals surface area contributed by atoms with Crippen molar-refractivity contribution in [1.29, 1.82) is 0 Å². The second-order valence-corrected chi connectivity index (χ2v) is 29.5. The lowest BCUT2D eigenvalue weighted by atomic mass is 9.81. The van der Waals surface area contributed by atoms with Crippen LogP contribution >= 0.6 is 0 Å². The van der Waals surface area contributed by atoms with Gasteiger partial charge < -0.3 is 54.8 Å². The molecule has 0 bridgehead atoms. The standard InChI is InChI=1S/C31H30N2O4.C29H40N2O3.C23H28N2O2/c1-18-17-31(2,3)32-22-15-14-21-27-23(36-4)11-7-12-24(27)37-25(28(21)26(18)22)13-8-16-33-29(34)19-9-5-6-10-20(19)30(33)35;1-18-17-29(6,7)31-21-15-14-20-26-22(32-8)11-9-12-23(26)33-24(27(20)25(18)21)13-10-16-30-19(2)34-28(3,4)5;1-14-13-23(2,3)25-16-11-10-15-21-17(26-4)7-5-8-18(21)27-19(9-6-12-24)22(15)20(14)16/h5-7,9-12,14-15,17,25,32H,8,13,16H2,1-4H3;9,11-12,14-15,17,19,24,30-31H,10,13,16H2,1-8H3;5,7-8,10-11,13,19,25H,6,9,12,24H2,1-4H3. The maximum atomic E-state index is 12.9. The van der Waals surface area contributed by atoms with Crippen LogP contribution in [0.1, 0.15) is 201 Å². The summed E-state index contributed by atoms with van der Waals surface area (Å²) < 4.78 is 42.9. The van der Waals surface area contributed by atoms with Gasteiger partial charge in [0.25, 0.3) is 11.8 Å². The number of allylic oxidation sites excluding steroid dienone is 3. The summed E-state index contributed by atoms with van der Waals surface area (Å²) in [5, 5.41) is 14.5. The maximum absolute atomic E-state index is 12.9. The van der Waals surface area contributed by atoms with E-state index in [1.165, 1.54) is 66.4 Å². The van der Waals surface area contributed by atoms with E-state index in [1.54, 1.807) is 45.6 Å². The highest BCUT2D eigenvalue weighted by molar-refractivity contribution is 6.21. The van der Waals surface area contributed by atoms with Gasteiger partial charge in [-0.25, -0.2) is 0 Å². The number of hydrogen-bond donors (Lipinski definition) is 5. The van der Waals surface area contributed by atoms with Gasteiger partial charge >= 0.3 is 0 Å². The van der Waals surface area contributed by atoms with Gasteiger partial charge in [-0.2, -0.15) is 0 Å². The molecule has 7 aliphatic heterocycles. The van der Waals surface area contributed by atoms with E-state index in [9.17, 15) is 9.59 Å². The summed E-state index contributed by atoms with van der Waals surface area (Å²) >= 11 is 0. The van der Waals surface area contributed by atoms with Crippen LogP contribution in [0.3, 0.4) is 0 Å². The lowest BCUT2D eigenvalue weighted by Gasteiger charge is -2.37. The third kappa shape index (κ3) is 13.7. The van der Waals surface area contributed by atoms with Crippen LogP contribution in [-0.4, -0.2) is 86.1 Å². The molecule has 98 heavy (non-hydrogen) atoms. The number of anilines is 3. The Hall–Kier alpha value is -9.02. The minimum atomic E-state index is -0.230. The Labute approximate surface area is 579 Å². The number of fused-ring (bicyclic) bond motifs is 16. The zero-order chi connectivity index (χ0) is 69.8. The number of imide groups is 1. The quantitative estimate of drug-likeness (QED) is 0.0351. The van der Waals surface area contributed by atoms with E-state index >= 15 is 0 Å². The summed E-state index contributed by atoms with van der Waals surface area (Å²) in [6, 6.07) is 38.1. The monoisotopic (exact) mass is 1320 g/mol. The highest BCUT2D eigenvalue weighted by atomic mass is 16.5. The molecule has 14 rings (SSSR count). The van der Waals surface area contributed by atoms with Crippen LogP contribution in [0.15, 0.2) is 133 Å². The number of hydrogen-bond acceptors (Lipinski definition) is 14. The number of nitrogens with one attached hydrogen (secondary N) is 4. The normalized spacial score (nSPS) is 18.9. The van der Waals surface area contributed by atoms with Gasteiger partial charge in [-0.1, -0.05) is 66.8 Å². The van der Waals surface area contributed by atoms with E-state index < -0.39 is 0 Å². The third-order valence-electron chi connectivity index (χ3n) is 19.2. The van der Waals surface area contributed by atoms with Crippen LogP contribution in [0, 0.1) is 0 Å². The first-order chi connectivity index (χ1) is 46.7. The van der Waals surface area contributed by atoms with E-state index in [1.807, 2.05) is 48.5 Å². The highest BCUT2D eigenvalue weighted by Crippen LogP contribution is 2.56. The van der Waals surface area contributed by atoms with Crippen molar-refractivity contribution in [2.24, 2.45) is 5.73 Å². The van der Waals surface area contributed by atoms with Crippen LogP contribution in [0.25, 0.3) is 50.1 Å². The van der Waals surface area contributed by atoms with Crippen LogP contribution in [0.2, 0.25) is 0 Å². The van der Waals surface area contributed by atoms with Crippen molar-refractivity contribution in [3.05, 3.63) is 178 Å². The summed E-state index contributed by atoms with van der Waals surface area (Å²) in [7, 11) is 5.11. The van der Waals surface area contributed by atoms with Crippen LogP contribution in [0.5, 0.6) is 34.5 Å². The molecular weight excluding hydrogens is 1220 g/mol. The molecule has 0 saturated heterocycles. The topological polar surface area (TPSA) is 176 Å². The van der Waals surface area contributed by atoms with E-state index in [0.29, 0.717) is 37.1 Å². The number of amides is 2. The molecule has 0 radical (unpaired) electrons. The molecule has 0 spiro atoms. The first-order valence-corrected chi connectivity index (χ1v) is 34.8. The summed E-state index contributed by atoms with van der Waals surface area (Å²) in [5.74, 6) is 4.58. The maximum Gasteiger partial charge on any atom is 0.261 e. The molecule has 7 aromatic carbocycles. The Kier molecular flexibility index (Phi) is 19.2. The highest BCUT2D eigenvalue weighted by Gasteiger charge is 2.40. The number of benzene rings is 7. The largest absolute Gasteiger partial charge is 0.496 e. The molecular formula is C83H98N6O9. The number of ether oxygens (including phenoxy) is 7. The molecule has 0 aliphatic carbocycles. The number of nitrogens with zero attached hydrogens (tertiary/aromatic N) is 1. The van der Waals surface area contributed by atoms with Crippen molar-refractivity contribution in [2.75, 3.05) is 56.9 Å². The first-order valence-electron chi connectivity index (χ1n) is 34.8. The molecule has 0 saturated carbocycles. The molecule has 4 unspecified atom stereocenters. The molecule has 15 nitrogen and oxygen atoms in total. The van der Waals surface area contributed by atoms with E-state index in [2.05, 4.69) is 172 Å². The smallest absolute Gasteiger partial charge is 0.261 e. The molecule has 514 valence electrons. The van der Waals surface area contributed by atoms with Gasteiger partial charge in [-0.15, -0.1) is 0 Å². The van der Waals surface area contributed by atoms with Crippen LogP contribution < -0.4 is 55.4 Å². The molecule has 4 atom stereocenters. The van der Waals surface area contributed by atoms with Crippen molar-refractivity contribution in [1.82, 2.24) is 10.2 Å². The number of methoxy groups -OCH3 is 3. The SMILES string of the molecule is COc1cccc2c1-c1ccc3c(c1C(CCCN)O2)C(C)=CC(C)(C)N3.COc1cccc2c1-c1ccc3c(c1C(CCCN1C(=O)c4ccccc4C1=O)O2)C(C)=CC(C)(C)N3.COc1cccc2c1-c1ccc3c(c1C(CCCNC(C)OC(C)(C)C)O2)C(C)=CC(C)(C)N3. The van der Waals surface area contributed by atoms with Crippen LogP contribution in [0.4, 0.5) is 17.1 Å². The van der Waals surface area contributed by atoms with Crippen molar-refractivity contribution in [3.63, 3.8) is 0 Å². The predicted octanol–water partition coefficient (Wildman–Crippen LogP) is 18.6. The zero-order valence-electron chi connectivity index (χ0n) is 60.1. The Balaban J connectivity index is 0.000000142.